The molecule has 0 aliphatic heterocycles. The van der Waals surface area contributed by atoms with Gasteiger partial charge in [-0.2, -0.15) is 0 Å². The van der Waals surface area contributed by atoms with Crippen molar-refractivity contribution in [1.29, 1.82) is 0 Å². The van der Waals surface area contributed by atoms with E-state index in [2.05, 4.69) is 20.6 Å². The van der Waals surface area contributed by atoms with Gasteiger partial charge in [-0.15, -0.1) is 0 Å². The molecule has 1 aromatic heterocycles. The number of carbonyl (C=O) groups is 2. The molecule has 8 nitrogen and oxygen atoms in total. The Kier molecular flexibility index (Phi) is 3.75. The summed E-state index contributed by atoms with van der Waals surface area (Å²) in [6.45, 7) is 0. The van der Waals surface area contributed by atoms with Gasteiger partial charge < -0.3 is 20.8 Å². The average Bonchev–Trinajstić information content (AvgIpc) is 2.42. The number of hydrogen-bond acceptors (Lipinski definition) is 5. The van der Waals surface area contributed by atoms with Gasteiger partial charge in [0, 0.05) is 0 Å². The maximum atomic E-state index is 11.6. The topological polar surface area (TPSA) is 124 Å². The van der Waals surface area contributed by atoms with E-state index < -0.39 is 12.0 Å². The first-order chi connectivity index (χ1) is 9.56. The zero-order chi connectivity index (χ0) is 14.5. The van der Waals surface area contributed by atoms with Gasteiger partial charge in [-0.1, -0.05) is 0 Å². The van der Waals surface area contributed by atoms with Gasteiger partial charge in [0.2, 0.25) is 0 Å². The van der Waals surface area contributed by atoms with Gasteiger partial charge >= 0.3 is 12.0 Å². The first kappa shape index (κ1) is 13.3. The molecule has 0 saturated heterocycles. The highest BCUT2D eigenvalue weighted by molar-refractivity contribution is 6.01. The number of rotatable bonds is 3. The molecule has 8 heteroatoms. The molecule has 102 valence electrons. The van der Waals surface area contributed by atoms with E-state index in [1.54, 1.807) is 0 Å². The van der Waals surface area contributed by atoms with Crippen molar-refractivity contribution >= 4 is 23.4 Å². The van der Waals surface area contributed by atoms with E-state index in [-0.39, 0.29) is 17.0 Å². The summed E-state index contributed by atoms with van der Waals surface area (Å²) in [6.07, 6.45) is 4.12. The zero-order valence-electron chi connectivity index (χ0n) is 10.1. The van der Waals surface area contributed by atoms with Crippen molar-refractivity contribution in [2.24, 2.45) is 0 Å². The molecule has 2 amide bonds. The van der Waals surface area contributed by atoms with E-state index in [1.807, 2.05) is 0 Å². The molecule has 1 heterocycles. The van der Waals surface area contributed by atoms with E-state index in [1.165, 1.54) is 30.9 Å². The molecule has 1 aromatic carbocycles. The number of nitrogens with zero attached hydrogens (tertiary/aromatic N) is 2. The van der Waals surface area contributed by atoms with Gasteiger partial charge in [0.15, 0.2) is 0 Å². The molecule has 0 saturated carbocycles. The summed E-state index contributed by atoms with van der Waals surface area (Å²) in [5.41, 5.74) is 0.390. The highest BCUT2D eigenvalue weighted by atomic mass is 16.4. The Labute approximate surface area is 113 Å². The summed E-state index contributed by atoms with van der Waals surface area (Å²) in [7, 11) is 0. The van der Waals surface area contributed by atoms with Crippen LogP contribution in [0.1, 0.15) is 10.4 Å². The number of phenols is 1. The maximum Gasteiger partial charge on any atom is 0.335 e. The molecule has 20 heavy (non-hydrogen) atoms. The van der Waals surface area contributed by atoms with Gasteiger partial charge in [-0.05, 0) is 18.2 Å². The van der Waals surface area contributed by atoms with Crippen LogP contribution in [0.5, 0.6) is 5.75 Å². The lowest BCUT2D eigenvalue weighted by atomic mass is 10.2. The number of urea groups is 1. The molecule has 0 aliphatic carbocycles. The highest BCUT2D eigenvalue weighted by Gasteiger charge is 2.10. The van der Waals surface area contributed by atoms with Gasteiger partial charge in [0.1, 0.15) is 12.1 Å². The Morgan fingerprint density at radius 3 is 2.40 bits per heavy atom. The molecule has 0 atom stereocenters. The van der Waals surface area contributed by atoms with Crippen LogP contribution in [0.2, 0.25) is 0 Å². The van der Waals surface area contributed by atoms with Gasteiger partial charge in [0.25, 0.3) is 0 Å². The quantitative estimate of drug-likeness (QED) is 0.629. The summed E-state index contributed by atoms with van der Waals surface area (Å²) in [5, 5.41) is 23.2. The summed E-state index contributed by atoms with van der Waals surface area (Å²) in [5.74, 6) is -1.51. The Morgan fingerprint density at radius 1 is 1.10 bits per heavy atom. The lowest BCUT2D eigenvalue weighted by Crippen LogP contribution is -2.19. The minimum absolute atomic E-state index is 0.0788. The fourth-order valence-corrected chi connectivity index (χ4v) is 1.42. The number of carboxylic acid groups (broad SMARTS) is 1. The number of phenolic OH excluding ortho intramolecular Hbond substituents is 1. The summed E-state index contributed by atoms with van der Waals surface area (Å²) in [6, 6.07) is 2.99. The molecule has 0 radical (unpaired) electrons. The van der Waals surface area contributed by atoms with Crippen molar-refractivity contribution in [2.45, 2.75) is 0 Å². The fourth-order valence-electron chi connectivity index (χ4n) is 1.42. The standard InChI is InChI=1S/C12H10N4O4/c17-10-3-7(11(18)19)1-2-9(10)16-12(20)15-8-4-13-6-14-5-8/h1-6,17H,(H,18,19)(H2,15,16,20). The molecule has 0 spiro atoms. The van der Waals surface area contributed by atoms with Crippen LogP contribution in [0, 0.1) is 0 Å². The number of carbonyl (C=O) groups excluding carboxylic acids is 1. The zero-order valence-corrected chi connectivity index (χ0v) is 10.1. The molecule has 0 bridgehead atoms. The van der Waals surface area contributed by atoms with E-state index in [0.717, 1.165) is 6.07 Å². The number of aromatic nitrogens is 2. The van der Waals surface area contributed by atoms with Crippen molar-refractivity contribution in [3.63, 3.8) is 0 Å². The van der Waals surface area contributed by atoms with Crippen LogP contribution in [-0.2, 0) is 0 Å². The molecule has 0 aliphatic rings. The largest absolute Gasteiger partial charge is 0.506 e. The fraction of sp³-hybridized carbons (Fsp3) is 0. The predicted molar refractivity (Wildman–Crippen MR) is 69.7 cm³/mol. The third-order valence-electron chi connectivity index (χ3n) is 2.31. The van der Waals surface area contributed by atoms with Gasteiger partial charge in [-0.3, -0.25) is 0 Å². The lowest BCUT2D eigenvalue weighted by Gasteiger charge is -2.09. The third kappa shape index (κ3) is 3.19. The normalized spacial score (nSPS) is 9.80. The molecular formula is C12H10N4O4. The van der Waals surface area contributed by atoms with E-state index >= 15 is 0 Å². The number of nitrogens with one attached hydrogen (secondary N) is 2. The van der Waals surface area contributed by atoms with Crippen LogP contribution < -0.4 is 10.6 Å². The number of anilines is 2. The summed E-state index contributed by atoms with van der Waals surface area (Å²) in [4.78, 5) is 29.8. The van der Waals surface area contributed by atoms with E-state index in [0.29, 0.717) is 5.69 Å². The van der Waals surface area contributed by atoms with Crippen molar-refractivity contribution < 1.29 is 19.8 Å². The van der Waals surface area contributed by atoms with Gasteiger partial charge in [0.05, 0.1) is 29.3 Å². The van der Waals surface area contributed by atoms with Crippen LogP contribution in [-0.4, -0.2) is 32.2 Å². The number of hydrogen-bond donors (Lipinski definition) is 4. The monoisotopic (exact) mass is 274 g/mol. The maximum absolute atomic E-state index is 11.6. The van der Waals surface area contributed by atoms with Crippen LogP contribution in [0.3, 0.4) is 0 Å². The third-order valence-corrected chi connectivity index (χ3v) is 2.31. The molecule has 2 rings (SSSR count). The van der Waals surface area contributed by atoms with Crippen LogP contribution >= 0.6 is 0 Å². The Balaban J connectivity index is 2.06. The molecular weight excluding hydrogens is 264 g/mol. The first-order valence-corrected chi connectivity index (χ1v) is 5.45. The number of aromatic hydroxyl groups is 1. The Hall–Kier alpha value is -3.16. The minimum Gasteiger partial charge on any atom is -0.506 e. The van der Waals surface area contributed by atoms with E-state index in [4.69, 9.17) is 5.11 Å². The molecule has 4 N–H and O–H groups in total. The predicted octanol–water partition coefficient (Wildman–Crippen LogP) is 1.52. The second-order valence-corrected chi connectivity index (χ2v) is 3.74. The van der Waals surface area contributed by atoms with Crippen molar-refractivity contribution in [2.75, 3.05) is 10.6 Å². The SMILES string of the molecule is O=C(Nc1cncnc1)Nc1ccc(C(=O)O)cc1O. The lowest BCUT2D eigenvalue weighted by molar-refractivity contribution is 0.0696. The van der Waals surface area contributed by atoms with Crippen molar-refractivity contribution in [1.82, 2.24) is 9.97 Å². The summed E-state index contributed by atoms with van der Waals surface area (Å²) >= 11 is 0. The Morgan fingerprint density at radius 2 is 1.80 bits per heavy atom. The number of carboxylic acids is 1. The number of amides is 2. The molecule has 0 unspecified atom stereocenters. The first-order valence-electron chi connectivity index (χ1n) is 5.45. The molecule has 2 aromatic rings. The second kappa shape index (κ2) is 5.65. The van der Waals surface area contributed by atoms with Gasteiger partial charge in [-0.25, -0.2) is 19.6 Å². The minimum atomic E-state index is -1.17. The van der Waals surface area contributed by atoms with Crippen molar-refractivity contribution in [3.8, 4) is 5.75 Å². The average molecular weight is 274 g/mol. The number of benzene rings is 1. The summed E-state index contributed by atoms with van der Waals surface area (Å²) < 4.78 is 0. The van der Waals surface area contributed by atoms with Crippen LogP contribution in [0.25, 0.3) is 0 Å². The number of aromatic carboxylic acids is 1. The van der Waals surface area contributed by atoms with E-state index in [9.17, 15) is 14.7 Å². The molecule has 0 fully saturated rings. The van der Waals surface area contributed by atoms with Crippen LogP contribution in [0.4, 0.5) is 16.2 Å². The second-order valence-electron chi connectivity index (χ2n) is 3.74. The highest BCUT2D eigenvalue weighted by Crippen LogP contribution is 2.24. The Bertz CT molecular complexity index is 645. The van der Waals surface area contributed by atoms with Crippen molar-refractivity contribution in [3.05, 3.63) is 42.5 Å². The van der Waals surface area contributed by atoms with Crippen LogP contribution in [0.15, 0.2) is 36.9 Å². The smallest absolute Gasteiger partial charge is 0.335 e.